The van der Waals surface area contributed by atoms with Crippen molar-refractivity contribution in [2.24, 2.45) is 0 Å². The molecule has 1 aliphatic rings. The van der Waals surface area contributed by atoms with E-state index in [1.54, 1.807) is 6.92 Å². The van der Waals surface area contributed by atoms with Gasteiger partial charge in [0, 0.05) is 6.54 Å². The summed E-state index contributed by atoms with van der Waals surface area (Å²) < 4.78 is 14.7. The molecule has 1 atom stereocenters. The second-order valence-corrected chi connectivity index (χ2v) is 5.10. The van der Waals surface area contributed by atoms with Crippen molar-refractivity contribution in [2.45, 2.75) is 32.7 Å². The van der Waals surface area contributed by atoms with Crippen LogP contribution in [0.25, 0.3) is 0 Å². The first-order valence-electron chi connectivity index (χ1n) is 5.37. The van der Waals surface area contributed by atoms with Crippen molar-refractivity contribution < 1.29 is 14.3 Å². The number of nitrogens with one attached hydrogen (secondary N) is 1. The molecule has 1 fully saturated rings. The van der Waals surface area contributed by atoms with Crippen LogP contribution in [0.5, 0.6) is 0 Å². The van der Waals surface area contributed by atoms with Gasteiger partial charge < -0.3 is 14.8 Å². The summed E-state index contributed by atoms with van der Waals surface area (Å²) in [5.74, 6) is -0.719. The average Bonchev–Trinajstić information content (AvgIpc) is 2.81. The van der Waals surface area contributed by atoms with Crippen LogP contribution in [0.3, 0.4) is 0 Å². The molecular formula is C10H15N3O3S. The third-order valence-electron chi connectivity index (χ3n) is 2.42. The third kappa shape index (κ3) is 2.99. The lowest BCUT2D eigenvalue weighted by Crippen LogP contribution is -2.34. The number of carbonyl (C=O) groups is 1. The van der Waals surface area contributed by atoms with Crippen LogP contribution in [0.15, 0.2) is 0 Å². The highest BCUT2D eigenvalue weighted by molar-refractivity contribution is 7.07. The molecule has 0 radical (unpaired) electrons. The summed E-state index contributed by atoms with van der Waals surface area (Å²) in [6.45, 7) is 6.39. The van der Waals surface area contributed by atoms with Gasteiger partial charge in [-0.05, 0) is 32.3 Å². The van der Waals surface area contributed by atoms with Crippen LogP contribution in [0.1, 0.15) is 29.2 Å². The number of rotatable bonds is 3. The molecule has 1 amide bonds. The van der Waals surface area contributed by atoms with E-state index in [9.17, 15) is 4.79 Å². The molecule has 94 valence electrons. The summed E-state index contributed by atoms with van der Waals surface area (Å²) >= 11 is 1.09. The predicted octanol–water partition coefficient (Wildman–Crippen LogP) is 0.728. The Bertz CT molecular complexity index is 419. The maximum atomic E-state index is 11.8. The summed E-state index contributed by atoms with van der Waals surface area (Å²) in [7, 11) is 0. The van der Waals surface area contributed by atoms with Crippen molar-refractivity contribution in [3.63, 3.8) is 0 Å². The van der Waals surface area contributed by atoms with E-state index in [-0.39, 0.29) is 12.0 Å². The lowest BCUT2D eigenvalue weighted by Gasteiger charge is -2.17. The van der Waals surface area contributed by atoms with Crippen molar-refractivity contribution in [3.05, 3.63) is 10.6 Å². The average molecular weight is 257 g/mol. The molecule has 1 aromatic heterocycles. The van der Waals surface area contributed by atoms with Gasteiger partial charge in [0.15, 0.2) is 5.79 Å². The van der Waals surface area contributed by atoms with Gasteiger partial charge >= 0.3 is 0 Å². The molecule has 1 aromatic rings. The first-order valence-corrected chi connectivity index (χ1v) is 6.14. The molecule has 2 heterocycles. The highest BCUT2D eigenvalue weighted by Crippen LogP contribution is 2.21. The normalized spacial score (nSPS) is 22.6. The molecule has 1 aliphatic heterocycles. The fraction of sp³-hybridized carbons (Fsp3) is 0.700. The maximum Gasteiger partial charge on any atom is 0.265 e. The molecule has 1 N–H and O–H groups in total. The van der Waals surface area contributed by atoms with Crippen LogP contribution < -0.4 is 5.32 Å². The van der Waals surface area contributed by atoms with Crippen LogP contribution in [0.2, 0.25) is 0 Å². The topological polar surface area (TPSA) is 73.3 Å². The molecule has 2 rings (SSSR count). The molecular weight excluding hydrogens is 242 g/mol. The molecule has 0 saturated carbocycles. The Hall–Kier alpha value is -1.05. The molecule has 1 unspecified atom stereocenters. The third-order valence-corrected chi connectivity index (χ3v) is 3.24. The zero-order chi connectivity index (χ0) is 12.5. The van der Waals surface area contributed by atoms with E-state index in [2.05, 4.69) is 14.9 Å². The van der Waals surface area contributed by atoms with Crippen molar-refractivity contribution in [1.29, 1.82) is 0 Å². The number of hydrogen-bond acceptors (Lipinski definition) is 6. The molecule has 1 saturated heterocycles. The Kier molecular flexibility index (Phi) is 3.41. The van der Waals surface area contributed by atoms with E-state index < -0.39 is 5.79 Å². The monoisotopic (exact) mass is 257 g/mol. The second-order valence-electron chi connectivity index (χ2n) is 4.35. The van der Waals surface area contributed by atoms with E-state index >= 15 is 0 Å². The van der Waals surface area contributed by atoms with Gasteiger partial charge in [0.25, 0.3) is 5.91 Å². The van der Waals surface area contributed by atoms with Gasteiger partial charge in [-0.2, -0.15) is 0 Å². The Morgan fingerprint density at radius 1 is 1.65 bits per heavy atom. The summed E-state index contributed by atoms with van der Waals surface area (Å²) in [6, 6.07) is 0. The van der Waals surface area contributed by atoms with Crippen LogP contribution in [-0.2, 0) is 9.47 Å². The minimum Gasteiger partial charge on any atom is -0.349 e. The number of nitrogens with zero attached hydrogens (tertiary/aromatic N) is 2. The van der Waals surface area contributed by atoms with Crippen LogP contribution in [0, 0.1) is 6.92 Å². The lowest BCUT2D eigenvalue weighted by molar-refractivity contribution is -0.137. The molecule has 0 spiro atoms. The fourth-order valence-corrected chi connectivity index (χ4v) is 2.16. The van der Waals surface area contributed by atoms with Crippen molar-refractivity contribution in [3.8, 4) is 0 Å². The maximum absolute atomic E-state index is 11.8. The fourth-order valence-electron chi connectivity index (χ4n) is 1.59. The van der Waals surface area contributed by atoms with E-state index in [1.165, 1.54) is 0 Å². The highest BCUT2D eigenvalue weighted by Gasteiger charge is 2.32. The van der Waals surface area contributed by atoms with Gasteiger partial charge in [0.2, 0.25) is 0 Å². The van der Waals surface area contributed by atoms with Crippen molar-refractivity contribution in [2.75, 3.05) is 13.2 Å². The number of hydrogen-bond donors (Lipinski definition) is 1. The van der Waals surface area contributed by atoms with Gasteiger partial charge in [0.05, 0.1) is 12.3 Å². The summed E-state index contributed by atoms with van der Waals surface area (Å²) in [6.07, 6.45) is -0.102. The minimum atomic E-state index is -0.558. The predicted molar refractivity (Wildman–Crippen MR) is 61.9 cm³/mol. The Morgan fingerprint density at radius 3 is 2.94 bits per heavy atom. The van der Waals surface area contributed by atoms with Crippen molar-refractivity contribution >= 4 is 17.4 Å². The van der Waals surface area contributed by atoms with Gasteiger partial charge in [0.1, 0.15) is 11.0 Å². The van der Waals surface area contributed by atoms with E-state index in [0.29, 0.717) is 23.7 Å². The second kappa shape index (κ2) is 4.67. The standard InChI is InChI=1S/C10H15N3O3S/c1-6-8(17-13-12-6)9(14)11-4-7-5-15-10(2,3)16-7/h7H,4-5H2,1-3H3,(H,11,14). The molecule has 7 heteroatoms. The lowest BCUT2D eigenvalue weighted by atomic mass is 10.3. The first-order chi connectivity index (χ1) is 7.98. The Morgan fingerprint density at radius 2 is 2.41 bits per heavy atom. The summed E-state index contributed by atoms with van der Waals surface area (Å²) in [5.41, 5.74) is 0.649. The summed E-state index contributed by atoms with van der Waals surface area (Å²) in [5, 5.41) is 6.58. The molecule has 17 heavy (non-hydrogen) atoms. The van der Waals surface area contributed by atoms with E-state index in [0.717, 1.165) is 11.5 Å². The number of aryl methyl sites for hydroxylation is 1. The number of aromatic nitrogens is 2. The number of amides is 1. The quantitative estimate of drug-likeness (QED) is 0.864. The van der Waals surface area contributed by atoms with Crippen LogP contribution in [-0.4, -0.2) is 40.5 Å². The molecule has 0 aromatic carbocycles. The molecule has 0 aliphatic carbocycles. The number of carbonyl (C=O) groups excluding carboxylic acids is 1. The van der Waals surface area contributed by atoms with E-state index in [1.807, 2.05) is 13.8 Å². The first kappa shape index (κ1) is 12.4. The zero-order valence-electron chi connectivity index (χ0n) is 10.0. The van der Waals surface area contributed by atoms with Crippen molar-refractivity contribution in [1.82, 2.24) is 14.9 Å². The van der Waals surface area contributed by atoms with Gasteiger partial charge in [-0.25, -0.2) is 0 Å². The summed E-state index contributed by atoms with van der Waals surface area (Å²) in [4.78, 5) is 12.3. The van der Waals surface area contributed by atoms with Gasteiger partial charge in [-0.15, -0.1) is 5.10 Å². The Balaban J connectivity index is 1.84. The van der Waals surface area contributed by atoms with E-state index in [4.69, 9.17) is 9.47 Å². The SMILES string of the molecule is Cc1nnsc1C(=O)NCC1COC(C)(C)O1. The number of ether oxygens (including phenoxy) is 2. The Labute approximate surface area is 103 Å². The van der Waals surface area contributed by atoms with Crippen LogP contribution >= 0.6 is 11.5 Å². The molecule has 0 bridgehead atoms. The minimum absolute atomic E-state index is 0.102. The van der Waals surface area contributed by atoms with Gasteiger partial charge in [-0.1, -0.05) is 4.49 Å². The van der Waals surface area contributed by atoms with Gasteiger partial charge in [-0.3, -0.25) is 4.79 Å². The smallest absolute Gasteiger partial charge is 0.265 e. The molecule has 6 nitrogen and oxygen atoms in total. The zero-order valence-corrected chi connectivity index (χ0v) is 10.8. The highest BCUT2D eigenvalue weighted by atomic mass is 32.1. The largest absolute Gasteiger partial charge is 0.349 e. The van der Waals surface area contributed by atoms with Crippen LogP contribution in [0.4, 0.5) is 0 Å².